The van der Waals surface area contributed by atoms with Crippen molar-refractivity contribution in [2.75, 3.05) is 0 Å². The van der Waals surface area contributed by atoms with Gasteiger partial charge in [0.25, 0.3) is 0 Å². The number of hydrogen-bond donors (Lipinski definition) is 1. The van der Waals surface area contributed by atoms with Crippen LogP contribution in [0.2, 0.25) is 0 Å². The van der Waals surface area contributed by atoms with Crippen molar-refractivity contribution in [3.8, 4) is 11.1 Å². The first-order valence-corrected chi connectivity index (χ1v) is 10.6. The maximum atomic E-state index is 13.5. The Hall–Kier alpha value is -3.48. The maximum absolute atomic E-state index is 13.5. The van der Waals surface area contributed by atoms with Crippen LogP contribution < -0.4 is 0 Å². The van der Waals surface area contributed by atoms with Crippen molar-refractivity contribution in [3.63, 3.8) is 0 Å². The molecule has 3 aromatic carbocycles. The molecular formula is C27H23F5O2. The van der Waals surface area contributed by atoms with Crippen LogP contribution in [0.25, 0.3) is 23.3 Å². The van der Waals surface area contributed by atoms with Crippen LogP contribution in [0.15, 0.2) is 60.7 Å². The van der Waals surface area contributed by atoms with Crippen LogP contribution in [0.1, 0.15) is 48.4 Å². The molecule has 178 valence electrons. The van der Waals surface area contributed by atoms with E-state index < -0.39 is 35.3 Å². The molecule has 0 aliphatic carbocycles. The Morgan fingerprint density at radius 1 is 0.853 bits per heavy atom. The molecule has 1 atom stereocenters. The highest BCUT2D eigenvalue weighted by Crippen LogP contribution is 2.34. The van der Waals surface area contributed by atoms with Gasteiger partial charge in [0.15, 0.2) is 0 Å². The second-order valence-corrected chi connectivity index (χ2v) is 8.52. The minimum Gasteiger partial charge on any atom is -0.481 e. The average molecular weight is 474 g/mol. The minimum atomic E-state index is -4.47. The third kappa shape index (κ3) is 6.53. The van der Waals surface area contributed by atoms with Gasteiger partial charge in [0.05, 0.1) is 11.5 Å². The first-order valence-electron chi connectivity index (χ1n) is 10.6. The molecule has 0 saturated heterocycles. The Kier molecular flexibility index (Phi) is 7.54. The molecule has 1 N–H and O–H groups in total. The van der Waals surface area contributed by atoms with Crippen molar-refractivity contribution < 1.29 is 31.9 Å². The number of rotatable bonds is 7. The van der Waals surface area contributed by atoms with E-state index in [1.807, 2.05) is 13.8 Å². The number of hydrogen-bond acceptors (Lipinski definition) is 1. The van der Waals surface area contributed by atoms with Crippen molar-refractivity contribution in [2.45, 2.75) is 32.4 Å². The summed E-state index contributed by atoms with van der Waals surface area (Å²) in [5.74, 6) is -3.22. The fourth-order valence-corrected chi connectivity index (χ4v) is 3.71. The summed E-state index contributed by atoms with van der Waals surface area (Å²) in [4.78, 5) is 12.0. The summed E-state index contributed by atoms with van der Waals surface area (Å²) in [5.41, 5.74) is 1.54. The molecule has 0 amide bonds. The van der Waals surface area contributed by atoms with E-state index in [9.17, 15) is 31.9 Å². The summed E-state index contributed by atoms with van der Waals surface area (Å²) in [6, 6.07) is 12.7. The quantitative estimate of drug-likeness (QED) is 0.278. The molecule has 0 bridgehead atoms. The largest absolute Gasteiger partial charge is 0.481 e. The molecule has 1 unspecified atom stereocenters. The van der Waals surface area contributed by atoms with E-state index in [-0.39, 0.29) is 11.5 Å². The van der Waals surface area contributed by atoms with Gasteiger partial charge in [-0.3, -0.25) is 4.79 Å². The zero-order valence-corrected chi connectivity index (χ0v) is 18.5. The standard InChI is InChI=1S/C27H23F5O2/c1-16(2)9-25(26(33)34)21-11-17(3-4-18-12-23(28)15-24(29)13-18)10-20(14-21)19-5-7-22(8-6-19)27(30,31)32/h3-8,10-16,25H,9H2,1-2H3,(H,33,34). The molecule has 0 heterocycles. The van der Waals surface area contributed by atoms with E-state index in [1.165, 1.54) is 18.2 Å². The molecule has 7 heteroatoms. The van der Waals surface area contributed by atoms with E-state index in [1.54, 1.807) is 24.3 Å². The molecule has 2 nitrogen and oxygen atoms in total. The van der Waals surface area contributed by atoms with Crippen LogP contribution in [-0.4, -0.2) is 11.1 Å². The van der Waals surface area contributed by atoms with Gasteiger partial charge in [0.2, 0.25) is 0 Å². The fraction of sp³-hybridized carbons (Fsp3) is 0.222. The third-order valence-corrected chi connectivity index (χ3v) is 5.28. The predicted molar refractivity (Wildman–Crippen MR) is 122 cm³/mol. The normalized spacial score (nSPS) is 12.9. The lowest BCUT2D eigenvalue weighted by molar-refractivity contribution is -0.139. The van der Waals surface area contributed by atoms with Gasteiger partial charge < -0.3 is 5.11 Å². The van der Waals surface area contributed by atoms with Gasteiger partial charge in [-0.15, -0.1) is 0 Å². The highest BCUT2D eigenvalue weighted by atomic mass is 19.4. The van der Waals surface area contributed by atoms with E-state index >= 15 is 0 Å². The van der Waals surface area contributed by atoms with Crippen LogP contribution >= 0.6 is 0 Å². The maximum Gasteiger partial charge on any atom is 0.416 e. The molecule has 0 spiro atoms. The third-order valence-electron chi connectivity index (χ3n) is 5.28. The lowest BCUT2D eigenvalue weighted by atomic mass is 9.87. The van der Waals surface area contributed by atoms with Gasteiger partial charge in [0, 0.05) is 6.07 Å². The number of alkyl halides is 3. The zero-order chi connectivity index (χ0) is 25.0. The van der Waals surface area contributed by atoms with Gasteiger partial charge in [-0.1, -0.05) is 50.3 Å². The minimum absolute atomic E-state index is 0.0880. The van der Waals surface area contributed by atoms with Gasteiger partial charge in [-0.25, -0.2) is 8.78 Å². The first kappa shape index (κ1) is 25.1. The molecule has 0 fully saturated rings. The molecule has 0 saturated carbocycles. The second kappa shape index (κ2) is 10.2. The molecule has 3 rings (SSSR count). The van der Waals surface area contributed by atoms with Gasteiger partial charge in [0.1, 0.15) is 11.6 Å². The summed E-state index contributed by atoms with van der Waals surface area (Å²) in [6.45, 7) is 3.80. The van der Waals surface area contributed by atoms with E-state index in [4.69, 9.17) is 0 Å². The molecule has 0 aromatic heterocycles. The zero-order valence-electron chi connectivity index (χ0n) is 18.5. The summed E-state index contributed by atoms with van der Waals surface area (Å²) < 4.78 is 65.9. The number of benzene rings is 3. The number of carboxylic acid groups (broad SMARTS) is 1. The highest BCUT2D eigenvalue weighted by Gasteiger charge is 2.30. The smallest absolute Gasteiger partial charge is 0.416 e. The molecule has 34 heavy (non-hydrogen) atoms. The number of carbonyl (C=O) groups is 1. The monoisotopic (exact) mass is 474 g/mol. The van der Waals surface area contributed by atoms with Crippen LogP contribution in [0, 0.1) is 17.6 Å². The summed E-state index contributed by atoms with van der Waals surface area (Å²) in [5, 5.41) is 9.80. The number of aliphatic carboxylic acids is 1. The highest BCUT2D eigenvalue weighted by molar-refractivity contribution is 5.80. The van der Waals surface area contributed by atoms with Gasteiger partial charge in [-0.2, -0.15) is 13.2 Å². The molecule has 0 aliphatic heterocycles. The fourth-order valence-electron chi connectivity index (χ4n) is 3.71. The van der Waals surface area contributed by atoms with Crippen molar-refractivity contribution >= 4 is 18.1 Å². The Balaban J connectivity index is 2.09. The van der Waals surface area contributed by atoms with E-state index in [0.717, 1.165) is 30.3 Å². The Labute approximate surface area is 194 Å². The second-order valence-electron chi connectivity index (χ2n) is 8.52. The van der Waals surface area contributed by atoms with Crippen LogP contribution in [0.5, 0.6) is 0 Å². The number of carboxylic acids is 1. The van der Waals surface area contributed by atoms with Crippen molar-refractivity contribution in [2.24, 2.45) is 5.92 Å². The summed E-state index contributed by atoms with van der Waals surface area (Å²) in [6.07, 6.45) is -1.04. The molecule has 0 aliphatic rings. The van der Waals surface area contributed by atoms with Gasteiger partial charge in [-0.05, 0) is 70.5 Å². The van der Waals surface area contributed by atoms with Crippen LogP contribution in [0.3, 0.4) is 0 Å². The lowest BCUT2D eigenvalue weighted by Crippen LogP contribution is -2.14. The first-order chi connectivity index (χ1) is 15.9. The average Bonchev–Trinajstić information content (AvgIpc) is 2.74. The van der Waals surface area contributed by atoms with Crippen molar-refractivity contribution in [1.82, 2.24) is 0 Å². The topological polar surface area (TPSA) is 37.3 Å². The molecule has 0 radical (unpaired) electrons. The van der Waals surface area contributed by atoms with Crippen LogP contribution in [-0.2, 0) is 11.0 Å². The van der Waals surface area contributed by atoms with Gasteiger partial charge >= 0.3 is 12.1 Å². The molecular weight excluding hydrogens is 451 g/mol. The van der Waals surface area contributed by atoms with E-state index in [0.29, 0.717) is 28.7 Å². The van der Waals surface area contributed by atoms with E-state index in [2.05, 4.69) is 0 Å². The lowest BCUT2D eigenvalue weighted by Gasteiger charge is -2.17. The Morgan fingerprint density at radius 2 is 1.41 bits per heavy atom. The Morgan fingerprint density at radius 3 is 1.91 bits per heavy atom. The predicted octanol–water partition coefficient (Wildman–Crippen LogP) is 8.04. The SMILES string of the molecule is CC(C)CC(C(=O)O)c1cc(C=Cc2cc(F)cc(F)c2)cc(-c2ccc(C(F)(F)F)cc2)c1. The molecule has 3 aromatic rings. The Bertz CT molecular complexity index is 1170. The van der Waals surface area contributed by atoms with Crippen LogP contribution in [0.4, 0.5) is 22.0 Å². The summed E-state index contributed by atoms with van der Waals surface area (Å²) >= 11 is 0. The number of halogens is 5. The summed E-state index contributed by atoms with van der Waals surface area (Å²) in [7, 11) is 0. The van der Waals surface area contributed by atoms with Crippen molar-refractivity contribution in [1.29, 1.82) is 0 Å². The van der Waals surface area contributed by atoms with Crippen molar-refractivity contribution in [3.05, 3.63) is 94.6 Å².